The molecule has 80 heavy (non-hydrogen) atoms. The van der Waals surface area contributed by atoms with Crippen molar-refractivity contribution in [3.05, 3.63) is 239 Å². The lowest BCUT2D eigenvalue weighted by Crippen LogP contribution is -2.15. The van der Waals surface area contributed by atoms with E-state index in [1.807, 2.05) is 36.4 Å². The van der Waals surface area contributed by atoms with E-state index in [2.05, 4.69) is 30.3 Å². The smallest absolute Gasteiger partial charge is 0.309 e. The van der Waals surface area contributed by atoms with E-state index in [9.17, 15) is 26.3 Å². The lowest BCUT2D eigenvalue weighted by atomic mass is 9.90. The number of fused-ring (bicyclic) bond motifs is 6. The van der Waals surface area contributed by atoms with E-state index in [-0.39, 0.29) is 16.9 Å². The molecule has 2 heterocycles. The molecule has 0 spiro atoms. The van der Waals surface area contributed by atoms with E-state index in [1.54, 1.807) is 143 Å². The molecule has 0 amide bonds. The highest BCUT2D eigenvalue weighted by molar-refractivity contribution is 6.13. The third kappa shape index (κ3) is 8.48. The van der Waals surface area contributed by atoms with Crippen LogP contribution in [-0.4, -0.2) is 9.13 Å². The van der Waals surface area contributed by atoms with Crippen molar-refractivity contribution in [2.24, 2.45) is 0 Å². The van der Waals surface area contributed by atoms with Crippen LogP contribution >= 0.6 is 0 Å². The van der Waals surface area contributed by atoms with Crippen molar-refractivity contribution in [3.63, 3.8) is 0 Å². The second-order valence-electron chi connectivity index (χ2n) is 19.1. The lowest BCUT2D eigenvalue weighted by molar-refractivity contribution is -0.142. The van der Waals surface area contributed by atoms with Crippen molar-refractivity contribution in [1.29, 1.82) is 26.3 Å². The highest BCUT2D eigenvalue weighted by Crippen LogP contribution is 2.50. The van der Waals surface area contributed by atoms with Crippen LogP contribution in [-0.2, 0) is 12.4 Å². The minimum Gasteiger partial charge on any atom is -0.309 e. The predicted molar refractivity (Wildman–Crippen MR) is 296 cm³/mol. The lowest BCUT2D eigenvalue weighted by Gasteiger charge is -2.24. The molecule has 13 heteroatoms. The van der Waals surface area contributed by atoms with Crippen LogP contribution in [0.15, 0.2) is 200 Å². The fraction of sp³-hybridized carbons (Fsp3) is 0.0299. The maximum absolute atomic E-state index is 15.8. The van der Waals surface area contributed by atoms with Gasteiger partial charge in [0, 0.05) is 32.7 Å². The van der Waals surface area contributed by atoms with Gasteiger partial charge in [0.2, 0.25) is 0 Å². The van der Waals surface area contributed by atoms with Gasteiger partial charge in [0.1, 0.15) is 6.07 Å². The Morgan fingerprint density at radius 1 is 0.300 bits per heavy atom. The summed E-state index contributed by atoms with van der Waals surface area (Å²) in [4.78, 5) is 0. The molecule has 0 saturated carbocycles. The van der Waals surface area contributed by atoms with E-state index in [0.29, 0.717) is 123 Å². The SMILES string of the molecule is N#Cc1cccc(-c2ccc3c4ccc(-c5cccc(C#N)c5)cc4n(-c4cc(-c5c(C(F)(F)F)cccc5C(F)(F)F)c(-n5c6cc(-c7cccc(C#N)c7)ccc6c6ccc(-c7cccc(C#N)c7)cc65)cc4C#N)c3c2)c1. The number of halogens is 6. The van der Waals surface area contributed by atoms with Crippen LogP contribution < -0.4 is 0 Å². The zero-order valence-corrected chi connectivity index (χ0v) is 41.5. The number of nitrogens with zero attached hydrogens (tertiary/aromatic N) is 7. The Morgan fingerprint density at radius 2 is 0.600 bits per heavy atom. The predicted octanol–water partition coefficient (Wildman–Crippen LogP) is 17.6. The molecule has 0 radical (unpaired) electrons. The highest BCUT2D eigenvalue weighted by atomic mass is 19.4. The van der Waals surface area contributed by atoms with Gasteiger partial charge in [-0.1, -0.05) is 103 Å². The van der Waals surface area contributed by atoms with Gasteiger partial charge < -0.3 is 9.13 Å². The van der Waals surface area contributed by atoms with Crippen molar-refractivity contribution in [3.8, 4) is 97.4 Å². The first-order valence-electron chi connectivity index (χ1n) is 24.7. The summed E-state index contributed by atoms with van der Waals surface area (Å²) in [5.74, 6) is 0. The van der Waals surface area contributed by atoms with Gasteiger partial charge in [0.25, 0.3) is 0 Å². The van der Waals surface area contributed by atoms with Gasteiger partial charge in [-0.25, -0.2) is 0 Å². The highest BCUT2D eigenvalue weighted by Gasteiger charge is 2.42. The first-order chi connectivity index (χ1) is 38.7. The summed E-state index contributed by atoms with van der Waals surface area (Å²) in [6.45, 7) is 0. The topological polar surface area (TPSA) is 129 Å². The zero-order valence-electron chi connectivity index (χ0n) is 41.5. The van der Waals surface area contributed by atoms with Crippen LogP contribution in [0.2, 0.25) is 0 Å². The number of hydrogen-bond acceptors (Lipinski definition) is 5. The Hall–Kier alpha value is -11.2. The fourth-order valence-electron chi connectivity index (χ4n) is 10.9. The number of hydrogen-bond donors (Lipinski definition) is 0. The molecular formula is C67H33F6N7. The maximum atomic E-state index is 15.8. The van der Waals surface area contributed by atoms with E-state index in [1.165, 1.54) is 12.1 Å². The molecule has 0 atom stereocenters. The van der Waals surface area contributed by atoms with E-state index < -0.39 is 34.6 Å². The Labute approximate surface area is 452 Å². The molecule has 12 rings (SSSR count). The average Bonchev–Trinajstić information content (AvgIpc) is 4.21. The molecule has 2 aromatic heterocycles. The Balaban J connectivity index is 1.26. The largest absolute Gasteiger partial charge is 0.417 e. The van der Waals surface area contributed by atoms with Crippen molar-refractivity contribution in [2.75, 3.05) is 0 Å². The molecular weight excluding hydrogens is 1020 g/mol. The number of benzene rings is 10. The molecule has 0 saturated heterocycles. The first-order valence-corrected chi connectivity index (χ1v) is 24.7. The second-order valence-corrected chi connectivity index (χ2v) is 19.1. The number of aromatic nitrogens is 2. The van der Waals surface area contributed by atoms with Crippen LogP contribution in [0.3, 0.4) is 0 Å². The van der Waals surface area contributed by atoms with Crippen LogP contribution in [0.4, 0.5) is 26.3 Å². The Morgan fingerprint density at radius 3 is 0.900 bits per heavy atom. The summed E-state index contributed by atoms with van der Waals surface area (Å²) >= 11 is 0. The van der Waals surface area contributed by atoms with Crippen molar-refractivity contribution in [1.82, 2.24) is 9.13 Å². The Kier molecular flexibility index (Phi) is 11.9. The number of nitriles is 5. The van der Waals surface area contributed by atoms with Gasteiger partial charge in [0.05, 0.1) is 96.7 Å². The van der Waals surface area contributed by atoms with Gasteiger partial charge in [0.15, 0.2) is 0 Å². The minimum atomic E-state index is -5.34. The average molecular weight is 1050 g/mol. The number of alkyl halides is 6. The molecule has 0 aliphatic rings. The summed E-state index contributed by atoms with van der Waals surface area (Å²) in [5.41, 5.74) is 2.70. The minimum absolute atomic E-state index is 0.0500. The van der Waals surface area contributed by atoms with Gasteiger partial charge >= 0.3 is 12.4 Å². The van der Waals surface area contributed by atoms with Crippen molar-refractivity contribution < 1.29 is 26.3 Å². The first kappa shape index (κ1) is 49.7. The summed E-state index contributed by atoms with van der Waals surface area (Å²) < 4.78 is 98.2. The van der Waals surface area contributed by atoms with Gasteiger partial charge in [-0.05, 0) is 142 Å². The second kappa shape index (κ2) is 19.1. The van der Waals surface area contributed by atoms with E-state index in [4.69, 9.17) is 0 Å². The third-order valence-electron chi connectivity index (χ3n) is 14.5. The van der Waals surface area contributed by atoms with Crippen LogP contribution in [0.5, 0.6) is 0 Å². The third-order valence-corrected chi connectivity index (χ3v) is 14.5. The monoisotopic (exact) mass is 1050 g/mol. The van der Waals surface area contributed by atoms with Crippen molar-refractivity contribution >= 4 is 43.6 Å². The molecule has 12 aromatic rings. The van der Waals surface area contributed by atoms with E-state index in [0.717, 1.165) is 6.07 Å². The van der Waals surface area contributed by atoms with Crippen LogP contribution in [0.25, 0.3) is 111 Å². The van der Waals surface area contributed by atoms with Gasteiger partial charge in [-0.2, -0.15) is 52.7 Å². The molecule has 7 nitrogen and oxygen atoms in total. The standard InChI is InChI=1S/C67H33F6N7/c68-66(69,70)57-14-5-15-58(67(71,72)73)65(57)56-33-59(79-60-28-47(43-10-1-6-39(24-43)34-74)16-20-52(60)53-21-17-48(29-61(53)79)44-11-2-7-40(25-44)35-75)51(38-78)32-64(56)80-62-30-49(45-12-3-8-41(26-45)36-76)18-22-54(62)55-23-19-50(31-63(55)80)46-13-4-9-42(27-46)37-77/h1-33H. The van der Waals surface area contributed by atoms with Gasteiger partial charge in [-0.15, -0.1) is 0 Å². The quantitative estimate of drug-likeness (QED) is 0.147. The molecule has 0 aliphatic heterocycles. The summed E-state index contributed by atoms with van der Waals surface area (Å²) in [7, 11) is 0. The molecule has 0 fully saturated rings. The van der Waals surface area contributed by atoms with Crippen LogP contribution in [0, 0.1) is 56.7 Å². The summed E-state index contributed by atoms with van der Waals surface area (Å²) in [5, 5.41) is 53.4. The molecule has 0 unspecified atom stereocenters. The van der Waals surface area contributed by atoms with Gasteiger partial charge in [-0.3, -0.25) is 0 Å². The molecule has 378 valence electrons. The molecule has 0 bridgehead atoms. The Bertz CT molecular complexity index is 4570. The fourth-order valence-corrected chi connectivity index (χ4v) is 10.9. The summed E-state index contributed by atoms with van der Waals surface area (Å²) in [6, 6.07) is 64.4. The molecule has 0 aliphatic carbocycles. The normalized spacial score (nSPS) is 11.6. The molecule has 0 N–H and O–H groups in total. The number of rotatable bonds is 7. The van der Waals surface area contributed by atoms with Crippen molar-refractivity contribution in [2.45, 2.75) is 12.4 Å². The zero-order chi connectivity index (χ0) is 55.6. The maximum Gasteiger partial charge on any atom is 0.417 e. The molecule has 10 aromatic carbocycles. The summed E-state index contributed by atoms with van der Waals surface area (Å²) in [6.07, 6.45) is -10.7. The van der Waals surface area contributed by atoms with E-state index >= 15 is 26.3 Å². The van der Waals surface area contributed by atoms with Crippen LogP contribution in [0.1, 0.15) is 38.9 Å².